The normalized spacial score (nSPS) is 25.4. The van der Waals surface area contributed by atoms with E-state index in [9.17, 15) is 13.2 Å². The Hall–Kier alpha value is -1.41. The number of likely N-dealkylation sites (tertiary alicyclic amines) is 1. The topological polar surface area (TPSA) is 89.7 Å². The number of aryl methyl sites for hydroxylation is 1. The van der Waals surface area contributed by atoms with E-state index in [1.165, 1.54) is 4.90 Å². The van der Waals surface area contributed by atoms with Crippen molar-refractivity contribution in [1.82, 2.24) is 10.1 Å². The average Bonchev–Trinajstić information content (AvgIpc) is 2.95. The van der Waals surface area contributed by atoms with E-state index in [1.807, 2.05) is 6.92 Å². The van der Waals surface area contributed by atoms with Gasteiger partial charge in [-0.25, -0.2) is 8.42 Å². The Bertz CT molecular complexity index is 675. The van der Waals surface area contributed by atoms with E-state index in [-0.39, 0.29) is 36.4 Å². The van der Waals surface area contributed by atoms with Gasteiger partial charge in [0.2, 0.25) is 0 Å². The predicted octanol–water partition coefficient (Wildman–Crippen LogP) is 0.649. The van der Waals surface area contributed by atoms with Crippen molar-refractivity contribution in [3.8, 4) is 0 Å². The van der Waals surface area contributed by atoms with Crippen molar-refractivity contribution in [2.75, 3.05) is 32.1 Å². The first-order chi connectivity index (χ1) is 10.4. The van der Waals surface area contributed by atoms with Gasteiger partial charge in [0.05, 0.1) is 12.4 Å². The number of aromatic nitrogens is 1. The highest BCUT2D eigenvalue weighted by atomic mass is 32.2. The summed E-state index contributed by atoms with van der Waals surface area (Å²) >= 11 is 0. The first-order valence-corrected chi connectivity index (χ1v) is 9.07. The zero-order valence-corrected chi connectivity index (χ0v) is 13.6. The predicted molar refractivity (Wildman–Crippen MR) is 78.3 cm³/mol. The molecular weight excluding hydrogens is 308 g/mol. The van der Waals surface area contributed by atoms with E-state index in [0.29, 0.717) is 25.4 Å². The number of amides is 1. The first kappa shape index (κ1) is 15.5. The summed E-state index contributed by atoms with van der Waals surface area (Å²) in [5.74, 6) is 0.414. The molecule has 1 spiro atoms. The highest BCUT2D eigenvalue weighted by Crippen LogP contribution is 2.45. The van der Waals surface area contributed by atoms with Gasteiger partial charge in [-0.2, -0.15) is 0 Å². The van der Waals surface area contributed by atoms with Crippen molar-refractivity contribution in [1.29, 1.82) is 0 Å². The monoisotopic (exact) mass is 328 g/mol. The minimum Gasteiger partial charge on any atom is -0.381 e. The highest BCUT2D eigenvalue weighted by molar-refractivity contribution is 7.93. The molecule has 2 saturated heterocycles. The zero-order valence-electron chi connectivity index (χ0n) is 12.7. The van der Waals surface area contributed by atoms with Crippen LogP contribution in [0.25, 0.3) is 0 Å². The molecule has 7 nitrogen and oxygen atoms in total. The summed E-state index contributed by atoms with van der Waals surface area (Å²) in [6.45, 7) is 5.03. The molecule has 1 amide bonds. The van der Waals surface area contributed by atoms with E-state index in [4.69, 9.17) is 9.26 Å². The minimum atomic E-state index is -3.19. The number of hydrogen-bond acceptors (Lipinski definition) is 6. The Balaban J connectivity index is 1.74. The fourth-order valence-electron chi connectivity index (χ4n) is 3.34. The van der Waals surface area contributed by atoms with Gasteiger partial charge in [0, 0.05) is 31.7 Å². The molecule has 3 heterocycles. The molecule has 0 unspecified atom stereocenters. The lowest BCUT2D eigenvalue weighted by atomic mass is 9.83. The molecule has 1 aromatic rings. The Labute approximate surface area is 129 Å². The van der Waals surface area contributed by atoms with Gasteiger partial charge in [-0.3, -0.25) is 4.79 Å². The Morgan fingerprint density at radius 2 is 2.27 bits per heavy atom. The molecule has 22 heavy (non-hydrogen) atoms. The summed E-state index contributed by atoms with van der Waals surface area (Å²) in [5, 5.41) is 3.70. The third kappa shape index (κ3) is 2.25. The molecule has 0 radical (unpaired) electrons. The van der Waals surface area contributed by atoms with Crippen LogP contribution in [0.15, 0.2) is 10.6 Å². The fourth-order valence-corrected chi connectivity index (χ4v) is 5.74. The fraction of sp³-hybridized carbons (Fsp3) is 0.714. The summed E-state index contributed by atoms with van der Waals surface area (Å²) in [4.78, 5) is 13.8. The molecule has 122 valence electrons. The largest absolute Gasteiger partial charge is 0.381 e. The van der Waals surface area contributed by atoms with Crippen molar-refractivity contribution >= 4 is 15.7 Å². The average molecular weight is 328 g/mol. The summed E-state index contributed by atoms with van der Waals surface area (Å²) in [5.41, 5.74) is 0.226. The number of nitrogens with zero attached hydrogens (tertiary/aromatic N) is 2. The van der Waals surface area contributed by atoms with Crippen LogP contribution in [-0.2, 0) is 14.6 Å². The Kier molecular flexibility index (Phi) is 3.76. The van der Waals surface area contributed by atoms with Gasteiger partial charge in [-0.05, 0) is 20.3 Å². The van der Waals surface area contributed by atoms with Gasteiger partial charge in [-0.15, -0.1) is 0 Å². The zero-order chi connectivity index (χ0) is 16.0. The second-order valence-electron chi connectivity index (χ2n) is 6.01. The van der Waals surface area contributed by atoms with Gasteiger partial charge in [0.15, 0.2) is 15.5 Å². The standard InChI is InChI=1S/C14H20N2O5S/c1-3-20-7-11-4-5-22(18,19)14(11)8-16(9-14)13(17)12-6-10(2)21-15-12/h6,11H,3-5,7-9H2,1-2H3/t11-/m1/s1. The van der Waals surface area contributed by atoms with Crippen LogP contribution in [0.3, 0.4) is 0 Å². The Morgan fingerprint density at radius 1 is 1.55 bits per heavy atom. The molecule has 0 aliphatic carbocycles. The molecule has 8 heteroatoms. The summed E-state index contributed by atoms with van der Waals surface area (Å²) in [7, 11) is -3.19. The van der Waals surface area contributed by atoms with Crippen LogP contribution in [0.1, 0.15) is 29.6 Å². The number of ether oxygens (including phenoxy) is 1. The maximum atomic E-state index is 12.4. The first-order valence-electron chi connectivity index (χ1n) is 7.42. The van der Waals surface area contributed by atoms with E-state index in [0.717, 1.165) is 0 Å². The van der Waals surface area contributed by atoms with Crippen molar-refractivity contribution in [2.45, 2.75) is 25.0 Å². The molecule has 0 saturated carbocycles. The summed E-state index contributed by atoms with van der Waals surface area (Å²) < 4.78 is 34.3. The molecule has 1 aromatic heterocycles. The lowest BCUT2D eigenvalue weighted by molar-refractivity contribution is 0.0264. The van der Waals surface area contributed by atoms with Crippen molar-refractivity contribution < 1.29 is 22.5 Å². The highest BCUT2D eigenvalue weighted by Gasteiger charge is 2.62. The lowest BCUT2D eigenvalue weighted by Crippen LogP contribution is -2.68. The van der Waals surface area contributed by atoms with E-state index in [1.54, 1.807) is 13.0 Å². The van der Waals surface area contributed by atoms with Gasteiger partial charge in [0.25, 0.3) is 5.91 Å². The van der Waals surface area contributed by atoms with Crippen LogP contribution in [0.2, 0.25) is 0 Å². The maximum Gasteiger partial charge on any atom is 0.276 e. The summed E-state index contributed by atoms with van der Waals surface area (Å²) in [6, 6.07) is 1.56. The quantitative estimate of drug-likeness (QED) is 0.806. The number of rotatable bonds is 4. The van der Waals surface area contributed by atoms with Crippen LogP contribution in [0, 0.1) is 12.8 Å². The van der Waals surface area contributed by atoms with Crippen molar-refractivity contribution in [3.05, 3.63) is 17.5 Å². The molecule has 2 aliphatic rings. The lowest BCUT2D eigenvalue weighted by Gasteiger charge is -2.49. The maximum absolute atomic E-state index is 12.4. The number of sulfone groups is 1. The van der Waals surface area contributed by atoms with Crippen molar-refractivity contribution in [2.24, 2.45) is 5.92 Å². The second-order valence-corrected chi connectivity index (χ2v) is 8.46. The molecule has 2 aliphatic heterocycles. The van der Waals surface area contributed by atoms with E-state index in [2.05, 4.69) is 5.16 Å². The third-order valence-electron chi connectivity index (χ3n) is 4.67. The van der Waals surface area contributed by atoms with Crippen LogP contribution in [-0.4, -0.2) is 61.2 Å². The SMILES string of the molecule is CCOC[C@H]1CCS(=O)(=O)C12CN(C(=O)c1cc(C)on1)C2. The summed E-state index contributed by atoms with van der Waals surface area (Å²) in [6.07, 6.45) is 0.605. The molecule has 0 aromatic carbocycles. The van der Waals surface area contributed by atoms with E-state index >= 15 is 0 Å². The van der Waals surface area contributed by atoms with Crippen LogP contribution < -0.4 is 0 Å². The molecule has 1 atom stereocenters. The van der Waals surface area contributed by atoms with Gasteiger partial charge in [-0.1, -0.05) is 5.16 Å². The van der Waals surface area contributed by atoms with Gasteiger partial charge >= 0.3 is 0 Å². The number of hydrogen-bond donors (Lipinski definition) is 0. The van der Waals surface area contributed by atoms with Crippen LogP contribution in [0.4, 0.5) is 0 Å². The van der Waals surface area contributed by atoms with Gasteiger partial charge < -0.3 is 14.2 Å². The second kappa shape index (κ2) is 5.34. The van der Waals surface area contributed by atoms with Crippen LogP contribution in [0.5, 0.6) is 0 Å². The minimum absolute atomic E-state index is 0.0412. The number of carbonyl (C=O) groups excluding carboxylic acids is 1. The smallest absolute Gasteiger partial charge is 0.276 e. The molecular formula is C14H20N2O5S. The molecule has 0 N–H and O–H groups in total. The Morgan fingerprint density at radius 3 is 2.86 bits per heavy atom. The number of carbonyl (C=O) groups is 1. The van der Waals surface area contributed by atoms with Crippen LogP contribution >= 0.6 is 0 Å². The molecule has 3 rings (SSSR count). The van der Waals surface area contributed by atoms with Gasteiger partial charge in [0.1, 0.15) is 10.5 Å². The van der Waals surface area contributed by atoms with Crippen molar-refractivity contribution in [3.63, 3.8) is 0 Å². The van der Waals surface area contributed by atoms with E-state index < -0.39 is 14.6 Å². The molecule has 2 fully saturated rings. The molecule has 0 bridgehead atoms. The third-order valence-corrected chi connectivity index (χ3v) is 7.28.